The maximum absolute atomic E-state index is 12.6. The van der Waals surface area contributed by atoms with Crippen molar-refractivity contribution in [3.8, 4) is 11.5 Å². The number of rotatable bonds is 5. The maximum atomic E-state index is 12.6. The molecular weight excluding hydrogens is 334 g/mol. The number of imidazole rings is 1. The van der Waals surface area contributed by atoms with Gasteiger partial charge in [0.15, 0.2) is 5.82 Å². The highest BCUT2D eigenvalue weighted by Gasteiger charge is 2.16. The van der Waals surface area contributed by atoms with Gasteiger partial charge in [0.05, 0.1) is 11.9 Å². The van der Waals surface area contributed by atoms with Gasteiger partial charge in [0.1, 0.15) is 17.7 Å². The average Bonchev–Trinajstić information content (AvgIpc) is 3.40. The normalized spacial score (nSPS) is 10.8. The van der Waals surface area contributed by atoms with Gasteiger partial charge >= 0.3 is 0 Å². The lowest BCUT2D eigenvalue weighted by molar-refractivity contribution is 0.0951. The third kappa shape index (κ3) is 2.83. The molecule has 0 aliphatic heterocycles. The van der Waals surface area contributed by atoms with Gasteiger partial charge in [-0.1, -0.05) is 18.2 Å². The summed E-state index contributed by atoms with van der Waals surface area (Å²) in [6.45, 7) is 2.28. The van der Waals surface area contributed by atoms with E-state index in [9.17, 15) is 4.79 Å². The first-order valence-corrected chi connectivity index (χ1v) is 7.87. The Hall–Kier alpha value is -3.82. The van der Waals surface area contributed by atoms with Gasteiger partial charge in [-0.25, -0.2) is 4.98 Å². The first-order chi connectivity index (χ1) is 12.7. The van der Waals surface area contributed by atoms with Gasteiger partial charge in [-0.3, -0.25) is 9.89 Å². The summed E-state index contributed by atoms with van der Waals surface area (Å²) in [5.74, 6) is 1.01. The molecule has 4 aromatic rings. The zero-order valence-electron chi connectivity index (χ0n) is 13.9. The lowest BCUT2D eigenvalue weighted by Crippen LogP contribution is -2.24. The van der Waals surface area contributed by atoms with Crippen LogP contribution in [0, 0.1) is 6.92 Å². The number of amides is 1. The zero-order chi connectivity index (χ0) is 17.9. The molecule has 10 heteroatoms. The van der Waals surface area contributed by atoms with Crippen LogP contribution in [0.1, 0.15) is 21.7 Å². The minimum atomic E-state index is -0.276. The van der Waals surface area contributed by atoms with Crippen LogP contribution < -0.4 is 5.32 Å². The summed E-state index contributed by atoms with van der Waals surface area (Å²) in [7, 11) is 0. The number of tetrazole rings is 1. The Kier molecular flexibility index (Phi) is 3.98. The van der Waals surface area contributed by atoms with Crippen LogP contribution in [0.3, 0.4) is 0 Å². The largest absolute Gasteiger partial charge is 0.348 e. The van der Waals surface area contributed by atoms with Crippen molar-refractivity contribution in [1.29, 1.82) is 0 Å². The molecule has 2 N–H and O–H groups in total. The lowest BCUT2D eigenvalue weighted by atomic mass is 10.1. The number of aryl methyl sites for hydroxylation is 1. The number of H-pyrrole nitrogens is 1. The summed E-state index contributed by atoms with van der Waals surface area (Å²) >= 11 is 0. The van der Waals surface area contributed by atoms with Gasteiger partial charge in [-0.05, 0) is 29.0 Å². The minimum Gasteiger partial charge on any atom is -0.348 e. The molecule has 0 aliphatic carbocycles. The van der Waals surface area contributed by atoms with Crippen LogP contribution in [0.4, 0.5) is 0 Å². The highest BCUT2D eigenvalue weighted by molar-refractivity contribution is 5.96. The third-order valence-electron chi connectivity index (χ3n) is 3.96. The molecule has 10 nitrogen and oxygen atoms in total. The molecule has 0 bridgehead atoms. The monoisotopic (exact) mass is 349 g/mol. The Balaban J connectivity index is 1.55. The van der Waals surface area contributed by atoms with Crippen LogP contribution in [0.5, 0.6) is 0 Å². The summed E-state index contributed by atoms with van der Waals surface area (Å²) in [4.78, 5) is 16.8. The molecule has 1 aromatic carbocycles. The number of carbonyl (C=O) groups excluding carboxylic acids is 1. The van der Waals surface area contributed by atoms with Gasteiger partial charge in [-0.2, -0.15) is 9.78 Å². The van der Waals surface area contributed by atoms with Gasteiger partial charge < -0.3 is 9.88 Å². The number of aromatic amines is 1. The molecule has 0 atom stereocenters. The van der Waals surface area contributed by atoms with Crippen LogP contribution in [0.15, 0.2) is 49.2 Å². The van der Waals surface area contributed by atoms with Crippen molar-refractivity contribution in [2.24, 2.45) is 0 Å². The van der Waals surface area contributed by atoms with E-state index < -0.39 is 0 Å². The molecule has 26 heavy (non-hydrogen) atoms. The fraction of sp³-hybridized carbons (Fsp3) is 0.125. The Morgan fingerprint density at radius 3 is 2.96 bits per heavy atom. The highest BCUT2D eigenvalue weighted by Crippen LogP contribution is 2.16. The number of nitrogens with one attached hydrogen (secondary N) is 2. The van der Waals surface area contributed by atoms with E-state index in [2.05, 4.69) is 36.0 Å². The predicted molar refractivity (Wildman–Crippen MR) is 90.8 cm³/mol. The third-order valence-corrected chi connectivity index (χ3v) is 3.96. The number of benzene rings is 1. The molecule has 4 rings (SSSR count). The minimum absolute atomic E-state index is 0.276. The summed E-state index contributed by atoms with van der Waals surface area (Å²) in [6, 6.07) is 7.83. The molecule has 3 heterocycles. The molecule has 1 amide bonds. The van der Waals surface area contributed by atoms with E-state index in [-0.39, 0.29) is 5.91 Å². The Morgan fingerprint density at radius 1 is 1.31 bits per heavy atom. The first kappa shape index (κ1) is 15.7. The summed E-state index contributed by atoms with van der Waals surface area (Å²) < 4.78 is 3.33. The van der Waals surface area contributed by atoms with Crippen molar-refractivity contribution >= 4 is 5.91 Å². The van der Waals surface area contributed by atoms with E-state index in [1.54, 1.807) is 6.20 Å². The molecular formula is C16H15N9O. The molecule has 0 fully saturated rings. The van der Waals surface area contributed by atoms with Crippen LogP contribution in [0.2, 0.25) is 0 Å². The number of carbonyl (C=O) groups is 1. The smallest absolute Gasteiger partial charge is 0.257 e. The molecule has 0 unspecified atom stereocenters. The summed E-state index contributed by atoms with van der Waals surface area (Å²) in [5.41, 5.74) is 2.29. The van der Waals surface area contributed by atoms with E-state index >= 15 is 0 Å². The fourth-order valence-corrected chi connectivity index (χ4v) is 2.68. The van der Waals surface area contributed by atoms with Crippen LogP contribution in [-0.4, -0.2) is 45.9 Å². The number of hydrogen-bond donors (Lipinski definition) is 2. The fourth-order valence-electron chi connectivity index (χ4n) is 2.68. The topological polar surface area (TPSA) is 119 Å². The van der Waals surface area contributed by atoms with Crippen molar-refractivity contribution in [2.75, 3.05) is 0 Å². The van der Waals surface area contributed by atoms with Crippen molar-refractivity contribution in [1.82, 2.24) is 45.3 Å². The predicted octanol–water partition coefficient (Wildman–Crippen LogP) is 0.810. The molecule has 0 radical (unpaired) electrons. The highest BCUT2D eigenvalue weighted by atomic mass is 16.1. The molecule has 130 valence electrons. The van der Waals surface area contributed by atoms with Crippen LogP contribution in [0.25, 0.3) is 11.5 Å². The standard InChI is InChI=1S/C16H15N9O/c1-11-17-6-7-24(11)14-5-3-2-4-12(14)8-18-16(26)13-9-19-21-15(13)25-10-20-22-23-25/h2-7,9-10H,8H2,1H3,(H,18,26)(H,19,21). The Morgan fingerprint density at radius 2 is 2.19 bits per heavy atom. The average molecular weight is 349 g/mol. The molecule has 3 aromatic heterocycles. The van der Waals surface area contributed by atoms with E-state index in [0.29, 0.717) is 17.9 Å². The number of para-hydroxylation sites is 1. The Bertz CT molecular complexity index is 1030. The van der Waals surface area contributed by atoms with Gasteiger partial charge in [0.25, 0.3) is 5.91 Å². The molecule has 0 spiro atoms. The molecule has 0 aliphatic rings. The van der Waals surface area contributed by atoms with Crippen molar-refractivity contribution in [2.45, 2.75) is 13.5 Å². The second kappa shape index (κ2) is 6.59. The molecule has 0 saturated carbocycles. The maximum Gasteiger partial charge on any atom is 0.257 e. The van der Waals surface area contributed by atoms with Gasteiger partial charge in [0.2, 0.25) is 0 Å². The van der Waals surface area contributed by atoms with Gasteiger partial charge in [0, 0.05) is 18.9 Å². The van der Waals surface area contributed by atoms with Crippen molar-refractivity contribution < 1.29 is 4.79 Å². The van der Waals surface area contributed by atoms with E-state index in [1.165, 1.54) is 17.2 Å². The summed E-state index contributed by atoms with van der Waals surface area (Å²) in [6.07, 6.45) is 6.47. The second-order valence-corrected chi connectivity index (χ2v) is 5.54. The zero-order valence-corrected chi connectivity index (χ0v) is 13.9. The van der Waals surface area contributed by atoms with E-state index in [0.717, 1.165) is 17.1 Å². The number of hydrogen-bond acceptors (Lipinski definition) is 6. The molecule has 0 saturated heterocycles. The van der Waals surface area contributed by atoms with Crippen LogP contribution in [-0.2, 0) is 6.54 Å². The Labute approximate surface area is 147 Å². The summed E-state index contributed by atoms with van der Waals surface area (Å²) in [5, 5.41) is 20.4. The van der Waals surface area contributed by atoms with Crippen molar-refractivity contribution in [3.05, 3.63) is 66.1 Å². The van der Waals surface area contributed by atoms with Crippen LogP contribution >= 0.6 is 0 Å². The van der Waals surface area contributed by atoms with Crippen molar-refractivity contribution in [3.63, 3.8) is 0 Å². The number of aromatic nitrogens is 8. The number of nitrogens with zero attached hydrogens (tertiary/aromatic N) is 7. The first-order valence-electron chi connectivity index (χ1n) is 7.87. The lowest BCUT2D eigenvalue weighted by Gasteiger charge is -2.12. The quantitative estimate of drug-likeness (QED) is 0.550. The van der Waals surface area contributed by atoms with Gasteiger partial charge in [-0.15, -0.1) is 5.10 Å². The van der Waals surface area contributed by atoms with E-state index in [4.69, 9.17) is 0 Å². The van der Waals surface area contributed by atoms with E-state index in [1.807, 2.05) is 42.0 Å². The SMILES string of the molecule is Cc1nccn1-c1ccccc1CNC(=O)c1cn[nH]c1-n1cnnn1. The second-order valence-electron chi connectivity index (χ2n) is 5.54.